The van der Waals surface area contributed by atoms with E-state index in [1.807, 2.05) is 48.5 Å². The summed E-state index contributed by atoms with van der Waals surface area (Å²) in [7, 11) is 0. The number of hydrogen-bond donors (Lipinski definition) is 0. The van der Waals surface area contributed by atoms with Gasteiger partial charge < -0.3 is 9.47 Å². The lowest BCUT2D eigenvalue weighted by Crippen LogP contribution is -2.38. The maximum atomic E-state index is 14.1. The highest BCUT2D eigenvalue weighted by atomic mass is 19.4. The van der Waals surface area contributed by atoms with Crippen LogP contribution in [0, 0.1) is 0 Å². The van der Waals surface area contributed by atoms with Crippen molar-refractivity contribution < 1.29 is 41.0 Å². The summed E-state index contributed by atoms with van der Waals surface area (Å²) >= 11 is 0. The van der Waals surface area contributed by atoms with E-state index in [-0.39, 0.29) is 12.2 Å². The molecule has 0 N–H and O–H groups in total. The molecule has 0 aliphatic rings. The van der Waals surface area contributed by atoms with Gasteiger partial charge in [-0.15, -0.1) is 0 Å². The zero-order valence-electron chi connectivity index (χ0n) is 27.5. The van der Waals surface area contributed by atoms with Gasteiger partial charge in [0.2, 0.25) is 0 Å². The molecule has 0 aliphatic heterocycles. The van der Waals surface area contributed by atoms with E-state index in [9.17, 15) is 31.5 Å². The molecular formula is C42H33F5O4. The van der Waals surface area contributed by atoms with E-state index in [2.05, 4.69) is 31.4 Å². The average Bonchev–Trinajstić information content (AvgIpc) is 3.12. The molecule has 0 spiro atoms. The predicted molar refractivity (Wildman–Crippen MR) is 190 cm³/mol. The molecule has 6 aromatic rings. The first-order valence-electron chi connectivity index (χ1n) is 16.3. The highest BCUT2D eigenvalue weighted by molar-refractivity contribution is 6.28. The molecule has 0 radical (unpaired) electrons. The molecular weight excluding hydrogens is 663 g/mol. The van der Waals surface area contributed by atoms with Gasteiger partial charge in [0.15, 0.2) is 0 Å². The number of halogens is 5. The first kappa shape index (κ1) is 35.3. The number of ether oxygens (including phenoxy) is 2. The number of carbonyl (C=O) groups is 2. The van der Waals surface area contributed by atoms with Crippen molar-refractivity contribution in [1.82, 2.24) is 0 Å². The third-order valence-corrected chi connectivity index (χ3v) is 8.97. The summed E-state index contributed by atoms with van der Waals surface area (Å²) in [6, 6.07) is 28.0. The fourth-order valence-electron chi connectivity index (χ4n) is 6.42. The van der Waals surface area contributed by atoms with Crippen molar-refractivity contribution in [3.8, 4) is 22.3 Å². The lowest BCUT2D eigenvalue weighted by atomic mass is 9.84. The van der Waals surface area contributed by atoms with E-state index in [0.717, 1.165) is 79.9 Å². The standard InChI is InChI=1S/C42H33F5O4/c1-3-37(48)50-20-6-5-7-26-8-12-29(13-9-26)35-23-36(30-14-10-27(11-15-30)25-51-38(49)4-2)34-19-17-32-22-28(24-41(43,44)42(45,46)47)21-31-16-18-33(35)40(34)39(31)32/h3-4,8-19,21-23H,1-2,5-7,20,24-25H2. The summed E-state index contributed by atoms with van der Waals surface area (Å²) in [4.78, 5) is 22.9. The van der Waals surface area contributed by atoms with E-state index in [1.54, 1.807) is 12.1 Å². The number of carbonyl (C=O) groups excluding carboxylic acids is 2. The molecule has 260 valence electrons. The Labute approximate surface area is 291 Å². The van der Waals surface area contributed by atoms with Gasteiger partial charge in [0.05, 0.1) is 6.61 Å². The number of benzene rings is 6. The van der Waals surface area contributed by atoms with Crippen molar-refractivity contribution in [3.05, 3.63) is 133 Å². The average molecular weight is 697 g/mol. The minimum Gasteiger partial charge on any atom is -0.463 e. The highest BCUT2D eigenvalue weighted by Crippen LogP contribution is 2.45. The molecule has 0 aliphatic carbocycles. The Morgan fingerprint density at radius 3 is 1.67 bits per heavy atom. The monoisotopic (exact) mass is 696 g/mol. The summed E-state index contributed by atoms with van der Waals surface area (Å²) in [6.07, 6.45) is -2.55. The minimum atomic E-state index is -5.66. The second-order valence-electron chi connectivity index (χ2n) is 12.4. The van der Waals surface area contributed by atoms with Crippen LogP contribution >= 0.6 is 0 Å². The first-order valence-corrected chi connectivity index (χ1v) is 16.3. The molecule has 0 saturated heterocycles. The Morgan fingerprint density at radius 2 is 1.14 bits per heavy atom. The van der Waals surface area contributed by atoms with Gasteiger partial charge in [-0.3, -0.25) is 0 Å². The summed E-state index contributed by atoms with van der Waals surface area (Å²) < 4.78 is 77.8. The van der Waals surface area contributed by atoms with Crippen LogP contribution in [0.2, 0.25) is 0 Å². The van der Waals surface area contributed by atoms with E-state index in [4.69, 9.17) is 9.47 Å². The summed E-state index contributed by atoms with van der Waals surface area (Å²) in [6.45, 7) is 7.21. The predicted octanol–water partition coefficient (Wildman–Crippen LogP) is 10.9. The quantitative estimate of drug-likeness (QED) is 0.0397. The maximum absolute atomic E-state index is 14.1. The van der Waals surface area contributed by atoms with Crippen LogP contribution < -0.4 is 0 Å². The van der Waals surface area contributed by atoms with Crippen molar-refractivity contribution in [2.75, 3.05) is 6.61 Å². The Balaban J connectivity index is 1.43. The number of esters is 2. The number of hydrogen-bond acceptors (Lipinski definition) is 4. The zero-order valence-corrected chi connectivity index (χ0v) is 27.5. The maximum Gasteiger partial charge on any atom is 0.453 e. The molecule has 0 fully saturated rings. The third kappa shape index (κ3) is 7.48. The highest BCUT2D eigenvalue weighted by Gasteiger charge is 2.57. The van der Waals surface area contributed by atoms with Crippen molar-refractivity contribution in [1.29, 1.82) is 0 Å². The lowest BCUT2D eigenvalue weighted by Gasteiger charge is -2.21. The molecule has 51 heavy (non-hydrogen) atoms. The molecule has 0 heterocycles. The molecule has 4 nitrogen and oxygen atoms in total. The van der Waals surface area contributed by atoms with Crippen LogP contribution in [0.5, 0.6) is 0 Å². The first-order chi connectivity index (χ1) is 24.4. The molecule has 6 aromatic carbocycles. The molecule has 0 atom stereocenters. The molecule has 9 heteroatoms. The van der Waals surface area contributed by atoms with Gasteiger partial charge in [-0.1, -0.05) is 98.1 Å². The topological polar surface area (TPSA) is 52.6 Å². The van der Waals surface area contributed by atoms with Crippen LogP contribution in [0.4, 0.5) is 22.0 Å². The molecule has 0 amide bonds. The van der Waals surface area contributed by atoms with E-state index in [1.165, 1.54) is 12.1 Å². The van der Waals surface area contributed by atoms with Gasteiger partial charge in [-0.25, -0.2) is 9.59 Å². The fraction of sp³-hybridized carbons (Fsp3) is 0.190. The second-order valence-corrected chi connectivity index (χ2v) is 12.4. The Kier molecular flexibility index (Phi) is 9.92. The van der Waals surface area contributed by atoms with Crippen molar-refractivity contribution >= 4 is 44.3 Å². The largest absolute Gasteiger partial charge is 0.463 e. The van der Waals surface area contributed by atoms with E-state index < -0.39 is 30.5 Å². The smallest absolute Gasteiger partial charge is 0.453 e. The molecule has 0 saturated carbocycles. The van der Waals surface area contributed by atoms with Crippen LogP contribution in [0.25, 0.3) is 54.6 Å². The molecule has 0 unspecified atom stereocenters. The Morgan fingerprint density at radius 1 is 0.608 bits per heavy atom. The Hall–Kier alpha value is -5.57. The van der Waals surface area contributed by atoms with Gasteiger partial charge in [0.25, 0.3) is 0 Å². The van der Waals surface area contributed by atoms with Gasteiger partial charge in [0, 0.05) is 18.6 Å². The van der Waals surface area contributed by atoms with Gasteiger partial charge in [0.1, 0.15) is 6.61 Å². The second kappa shape index (κ2) is 14.3. The van der Waals surface area contributed by atoms with E-state index >= 15 is 0 Å². The van der Waals surface area contributed by atoms with Crippen LogP contribution in [0.15, 0.2) is 116 Å². The minimum absolute atomic E-state index is 0.0803. The zero-order chi connectivity index (χ0) is 36.3. The van der Waals surface area contributed by atoms with Gasteiger partial charge in [-0.05, 0) is 96.6 Å². The number of unbranched alkanes of at least 4 members (excludes halogenated alkanes) is 1. The molecule has 6 rings (SSSR count). The van der Waals surface area contributed by atoms with Crippen LogP contribution in [0.1, 0.15) is 29.5 Å². The van der Waals surface area contributed by atoms with Crippen molar-refractivity contribution in [2.45, 2.75) is 44.4 Å². The Bertz CT molecular complexity index is 2220. The fourth-order valence-corrected chi connectivity index (χ4v) is 6.42. The molecule has 0 bridgehead atoms. The van der Waals surface area contributed by atoms with Crippen molar-refractivity contribution in [3.63, 3.8) is 0 Å². The summed E-state index contributed by atoms with van der Waals surface area (Å²) in [5.74, 6) is -5.84. The van der Waals surface area contributed by atoms with Crippen LogP contribution in [0.3, 0.4) is 0 Å². The van der Waals surface area contributed by atoms with Gasteiger partial charge in [-0.2, -0.15) is 22.0 Å². The normalized spacial score (nSPS) is 12.0. The van der Waals surface area contributed by atoms with Crippen molar-refractivity contribution in [2.24, 2.45) is 0 Å². The number of alkyl halides is 5. The summed E-state index contributed by atoms with van der Waals surface area (Å²) in [5, 5.41) is 4.57. The number of rotatable bonds is 13. The summed E-state index contributed by atoms with van der Waals surface area (Å²) in [5.41, 5.74) is 5.43. The lowest BCUT2D eigenvalue weighted by molar-refractivity contribution is -0.281. The van der Waals surface area contributed by atoms with Gasteiger partial charge >= 0.3 is 24.0 Å². The molecule has 0 aromatic heterocycles. The SMILES string of the molecule is C=CC(=O)OCCCCc1ccc(-c2cc(-c3ccc(COC(=O)C=C)cc3)c3ccc4cc(CC(F)(F)C(F)(F)F)cc5ccc2c3c54)cc1. The van der Waals surface area contributed by atoms with Crippen LogP contribution in [-0.4, -0.2) is 30.6 Å². The van der Waals surface area contributed by atoms with Crippen LogP contribution in [-0.2, 0) is 38.5 Å². The third-order valence-electron chi connectivity index (χ3n) is 8.97. The van der Waals surface area contributed by atoms with E-state index in [0.29, 0.717) is 23.8 Å². The number of aryl methyl sites for hydroxylation is 1.